The van der Waals surface area contributed by atoms with Crippen molar-refractivity contribution < 1.29 is 23.9 Å². The minimum absolute atomic E-state index is 0.000767. The lowest BCUT2D eigenvalue weighted by atomic mass is 9.32. The van der Waals surface area contributed by atoms with Crippen LogP contribution < -0.4 is 5.32 Å². The number of ether oxygens (including phenoxy) is 2. The summed E-state index contributed by atoms with van der Waals surface area (Å²) in [6.07, 6.45) is 14.1. The molecule has 5 fully saturated rings. The van der Waals surface area contributed by atoms with Crippen LogP contribution in [0, 0.1) is 56.7 Å². The topological polar surface area (TPSA) is 81.7 Å². The third-order valence-corrected chi connectivity index (χ3v) is 15.3. The fraction of sp³-hybridized carbons (Fsp3) is 0.872. The predicted molar refractivity (Wildman–Crippen MR) is 178 cm³/mol. The first-order chi connectivity index (χ1) is 21.1. The molecule has 0 saturated heterocycles. The Bertz CT molecular complexity index is 1180. The van der Waals surface area contributed by atoms with Gasteiger partial charge < -0.3 is 14.8 Å². The molecule has 10 atom stereocenters. The molecule has 254 valence electrons. The van der Waals surface area contributed by atoms with Crippen LogP contribution in [-0.4, -0.2) is 37.6 Å². The third-order valence-electron chi connectivity index (χ3n) is 15.3. The Kier molecular flexibility index (Phi) is 9.43. The van der Waals surface area contributed by atoms with Crippen LogP contribution in [0.2, 0.25) is 0 Å². The molecule has 45 heavy (non-hydrogen) atoms. The average Bonchev–Trinajstić information content (AvgIpc) is 3.37. The van der Waals surface area contributed by atoms with E-state index in [1.165, 1.54) is 38.4 Å². The van der Waals surface area contributed by atoms with Gasteiger partial charge in [0.25, 0.3) is 0 Å². The lowest BCUT2D eigenvalue weighted by molar-refractivity contribution is -0.248. The molecule has 6 heteroatoms. The van der Waals surface area contributed by atoms with Crippen molar-refractivity contribution in [2.24, 2.45) is 56.7 Å². The van der Waals surface area contributed by atoms with Gasteiger partial charge in [-0.2, -0.15) is 0 Å². The summed E-state index contributed by atoms with van der Waals surface area (Å²) in [7, 11) is 1.43. The monoisotopic (exact) mass is 625 g/mol. The second kappa shape index (κ2) is 12.3. The Morgan fingerprint density at radius 2 is 1.53 bits per heavy atom. The molecule has 1 unspecified atom stereocenters. The molecule has 0 aromatic carbocycles. The maximum absolute atomic E-state index is 14.3. The highest BCUT2D eigenvalue weighted by Crippen LogP contribution is 2.77. The molecular formula is C39H63NO5. The number of amides is 1. The second-order valence-corrected chi connectivity index (χ2v) is 17.4. The minimum atomic E-state index is -0.297. The van der Waals surface area contributed by atoms with E-state index in [0.717, 1.165) is 57.8 Å². The molecule has 0 heterocycles. The van der Waals surface area contributed by atoms with E-state index in [1.807, 2.05) is 0 Å². The van der Waals surface area contributed by atoms with Gasteiger partial charge in [0.2, 0.25) is 5.91 Å². The molecule has 0 aliphatic heterocycles. The summed E-state index contributed by atoms with van der Waals surface area (Å²) in [5.41, 5.74) is 1.55. The van der Waals surface area contributed by atoms with Gasteiger partial charge in [-0.05, 0) is 130 Å². The molecule has 0 aromatic rings. The number of hydrogen-bond acceptors (Lipinski definition) is 5. The first kappa shape index (κ1) is 34.5. The molecule has 0 radical (unpaired) electrons. The Morgan fingerprint density at radius 1 is 0.800 bits per heavy atom. The molecule has 0 spiro atoms. The maximum Gasteiger partial charge on any atom is 0.305 e. The number of rotatable bonds is 9. The molecule has 1 N–H and O–H groups in total. The first-order valence-corrected chi connectivity index (χ1v) is 18.3. The molecular weight excluding hydrogens is 562 g/mol. The number of carbonyl (C=O) groups excluding carboxylic acids is 3. The van der Waals surface area contributed by atoms with Crippen molar-refractivity contribution in [1.29, 1.82) is 0 Å². The highest BCUT2D eigenvalue weighted by atomic mass is 16.5. The Morgan fingerprint density at radius 3 is 2.20 bits per heavy atom. The summed E-state index contributed by atoms with van der Waals surface area (Å²) in [5.74, 6) is 2.43. The van der Waals surface area contributed by atoms with E-state index in [4.69, 9.17) is 9.47 Å². The summed E-state index contributed by atoms with van der Waals surface area (Å²) in [4.78, 5) is 37.8. The summed E-state index contributed by atoms with van der Waals surface area (Å²) in [6.45, 7) is 21.5. The average molecular weight is 626 g/mol. The Labute approximate surface area is 273 Å². The maximum atomic E-state index is 14.3. The molecule has 1 amide bonds. The van der Waals surface area contributed by atoms with Crippen LogP contribution in [0.4, 0.5) is 0 Å². The highest BCUT2D eigenvalue weighted by Gasteiger charge is 2.72. The number of fused-ring (bicyclic) bond motifs is 7. The predicted octanol–water partition coefficient (Wildman–Crippen LogP) is 8.43. The molecule has 5 rings (SSSR count). The standard InChI is InChI=1S/C39H63NO5/c1-25(2)27-16-21-39(34(43)40-24-12-10-11-13-32(42)44-9)23-22-37(7)28(33(27)39)14-15-30-36(6)19-18-31(45-26(3)41)35(4,5)29(36)17-20-38(30,37)8/h27-31,33H,1,10-24H2,2-9H3,(H,40,43)/t27-,28+,29-,30?,31-,33+,36-,37+,38+,39-/m0/s1. The SMILES string of the molecule is C=C(C)[C@@H]1CC[C@]2(C(=O)NCCCCCC(=O)OC)CC[C@]3(C)[C@H](CCC4[C@@]5(C)CC[C@H](OC(C)=O)C(C)(C)[C@@H]5CC[C@]43C)[C@@H]12. The van der Waals surface area contributed by atoms with Crippen molar-refractivity contribution in [2.75, 3.05) is 13.7 Å². The Balaban J connectivity index is 1.37. The molecule has 0 aromatic heterocycles. The summed E-state index contributed by atoms with van der Waals surface area (Å²) < 4.78 is 10.7. The van der Waals surface area contributed by atoms with Crippen molar-refractivity contribution >= 4 is 17.8 Å². The van der Waals surface area contributed by atoms with Crippen LogP contribution in [-0.2, 0) is 23.9 Å². The van der Waals surface area contributed by atoms with E-state index in [2.05, 4.69) is 53.4 Å². The number of allylic oxidation sites excluding steroid dienone is 1. The minimum Gasteiger partial charge on any atom is -0.469 e. The molecule has 0 bridgehead atoms. The van der Waals surface area contributed by atoms with Gasteiger partial charge in [-0.15, -0.1) is 0 Å². The molecule has 6 nitrogen and oxygen atoms in total. The van der Waals surface area contributed by atoms with E-state index in [0.29, 0.717) is 42.6 Å². The van der Waals surface area contributed by atoms with Crippen LogP contribution in [0.25, 0.3) is 0 Å². The van der Waals surface area contributed by atoms with Gasteiger partial charge in [0.15, 0.2) is 0 Å². The summed E-state index contributed by atoms with van der Waals surface area (Å²) in [6, 6.07) is 0. The number of unbranched alkanes of at least 4 members (excludes halogenated alkanes) is 2. The number of nitrogens with one attached hydrogen (secondary N) is 1. The molecule has 5 aliphatic carbocycles. The van der Waals surface area contributed by atoms with Gasteiger partial charge >= 0.3 is 11.9 Å². The van der Waals surface area contributed by atoms with Gasteiger partial charge in [0.1, 0.15) is 6.10 Å². The van der Waals surface area contributed by atoms with Crippen molar-refractivity contribution in [3.05, 3.63) is 12.2 Å². The van der Waals surface area contributed by atoms with E-state index >= 15 is 0 Å². The molecule has 5 aliphatic rings. The fourth-order valence-electron chi connectivity index (χ4n) is 13.0. The van der Waals surface area contributed by atoms with Gasteiger partial charge in [0.05, 0.1) is 12.5 Å². The van der Waals surface area contributed by atoms with E-state index in [1.54, 1.807) is 6.92 Å². The largest absolute Gasteiger partial charge is 0.469 e. The zero-order valence-electron chi connectivity index (χ0n) is 29.8. The first-order valence-electron chi connectivity index (χ1n) is 18.3. The van der Waals surface area contributed by atoms with Gasteiger partial charge in [-0.25, -0.2) is 0 Å². The Hall–Kier alpha value is -1.85. The van der Waals surface area contributed by atoms with Crippen LogP contribution in [0.5, 0.6) is 0 Å². The quantitative estimate of drug-likeness (QED) is 0.158. The normalized spacial score (nSPS) is 43.1. The lowest BCUT2D eigenvalue weighted by Gasteiger charge is -2.72. The lowest BCUT2D eigenvalue weighted by Crippen LogP contribution is -2.67. The summed E-state index contributed by atoms with van der Waals surface area (Å²) >= 11 is 0. The number of esters is 2. The van der Waals surface area contributed by atoms with Crippen molar-refractivity contribution in [1.82, 2.24) is 5.32 Å². The van der Waals surface area contributed by atoms with Crippen molar-refractivity contribution in [3.8, 4) is 0 Å². The number of carbonyl (C=O) groups is 3. The van der Waals surface area contributed by atoms with Gasteiger partial charge in [0, 0.05) is 25.3 Å². The van der Waals surface area contributed by atoms with Crippen LogP contribution in [0.15, 0.2) is 12.2 Å². The zero-order chi connectivity index (χ0) is 33.0. The van der Waals surface area contributed by atoms with Crippen LogP contribution in [0.1, 0.15) is 138 Å². The zero-order valence-corrected chi connectivity index (χ0v) is 29.8. The van der Waals surface area contributed by atoms with E-state index in [9.17, 15) is 14.4 Å². The molecule has 5 saturated carbocycles. The van der Waals surface area contributed by atoms with E-state index < -0.39 is 0 Å². The number of hydrogen-bond donors (Lipinski definition) is 1. The van der Waals surface area contributed by atoms with Crippen molar-refractivity contribution in [3.63, 3.8) is 0 Å². The number of methoxy groups -OCH3 is 1. The van der Waals surface area contributed by atoms with Gasteiger partial charge in [-0.1, -0.05) is 53.2 Å². The van der Waals surface area contributed by atoms with Gasteiger partial charge in [-0.3, -0.25) is 14.4 Å². The van der Waals surface area contributed by atoms with Crippen molar-refractivity contribution in [2.45, 2.75) is 144 Å². The highest BCUT2D eigenvalue weighted by molar-refractivity contribution is 5.84. The van der Waals surface area contributed by atoms with Crippen LogP contribution in [0.3, 0.4) is 0 Å². The smallest absolute Gasteiger partial charge is 0.305 e. The second-order valence-electron chi connectivity index (χ2n) is 17.4. The third kappa shape index (κ3) is 5.40. The van der Waals surface area contributed by atoms with Crippen LogP contribution >= 0.6 is 0 Å². The van der Waals surface area contributed by atoms with E-state index in [-0.39, 0.29) is 51.0 Å². The fourth-order valence-corrected chi connectivity index (χ4v) is 13.0. The summed E-state index contributed by atoms with van der Waals surface area (Å²) in [5, 5.41) is 3.40.